The van der Waals surface area contributed by atoms with Crippen LogP contribution in [0.15, 0.2) is 4.34 Å². The largest absolute Gasteiger partial charge is 0.301 e. The van der Waals surface area contributed by atoms with E-state index in [2.05, 4.69) is 20.2 Å². The SMILES string of the molecule is CC(=O)Nc1nnc(S(=O)(=O)NCCC(C)C)s1. The summed E-state index contributed by atoms with van der Waals surface area (Å²) in [6.45, 7) is 5.69. The van der Waals surface area contributed by atoms with Gasteiger partial charge in [0, 0.05) is 13.5 Å². The van der Waals surface area contributed by atoms with Crippen LogP contribution in [0.5, 0.6) is 0 Å². The molecule has 1 amide bonds. The second-order valence-corrected chi connectivity index (χ2v) is 7.05. The van der Waals surface area contributed by atoms with Gasteiger partial charge in [-0.05, 0) is 12.3 Å². The fraction of sp³-hybridized carbons (Fsp3) is 0.667. The predicted molar refractivity (Wildman–Crippen MR) is 68.9 cm³/mol. The van der Waals surface area contributed by atoms with E-state index < -0.39 is 10.0 Å². The fourth-order valence-electron chi connectivity index (χ4n) is 1.06. The highest BCUT2D eigenvalue weighted by Crippen LogP contribution is 2.19. The second kappa shape index (κ2) is 6.21. The van der Waals surface area contributed by atoms with Gasteiger partial charge in [0.05, 0.1) is 0 Å². The van der Waals surface area contributed by atoms with Gasteiger partial charge >= 0.3 is 0 Å². The van der Waals surface area contributed by atoms with Crippen molar-refractivity contribution >= 4 is 32.4 Å². The Hall–Kier alpha value is -1.06. The Kier molecular flexibility index (Phi) is 5.17. The Bertz CT molecular complexity index is 510. The highest BCUT2D eigenvalue weighted by molar-refractivity contribution is 7.91. The van der Waals surface area contributed by atoms with Crippen molar-refractivity contribution in [2.75, 3.05) is 11.9 Å². The molecule has 0 saturated carbocycles. The number of carbonyl (C=O) groups excluding carboxylic acids is 1. The van der Waals surface area contributed by atoms with E-state index in [1.54, 1.807) is 0 Å². The number of nitrogens with one attached hydrogen (secondary N) is 2. The molecule has 102 valence electrons. The molecule has 0 aliphatic carbocycles. The van der Waals surface area contributed by atoms with Crippen LogP contribution in [0.1, 0.15) is 27.2 Å². The molecule has 0 fully saturated rings. The van der Waals surface area contributed by atoms with E-state index in [0.29, 0.717) is 12.5 Å². The van der Waals surface area contributed by atoms with Crippen LogP contribution in [-0.4, -0.2) is 31.1 Å². The molecule has 0 atom stereocenters. The van der Waals surface area contributed by atoms with Crippen LogP contribution in [0.4, 0.5) is 5.13 Å². The van der Waals surface area contributed by atoms with Crippen LogP contribution in [0, 0.1) is 5.92 Å². The third kappa shape index (κ3) is 4.67. The van der Waals surface area contributed by atoms with E-state index >= 15 is 0 Å². The monoisotopic (exact) mass is 292 g/mol. The van der Waals surface area contributed by atoms with Gasteiger partial charge in [0.25, 0.3) is 10.0 Å². The smallest absolute Gasteiger partial charge is 0.269 e. The normalized spacial score (nSPS) is 11.8. The Morgan fingerprint density at radius 2 is 2.06 bits per heavy atom. The molecule has 1 rings (SSSR count). The van der Waals surface area contributed by atoms with Gasteiger partial charge in [-0.15, -0.1) is 10.2 Å². The first-order valence-electron chi connectivity index (χ1n) is 5.42. The fourth-order valence-corrected chi connectivity index (χ4v) is 3.10. The predicted octanol–water partition coefficient (Wildman–Crippen LogP) is 0.821. The Morgan fingerprint density at radius 3 is 2.61 bits per heavy atom. The molecule has 7 nitrogen and oxygen atoms in total. The molecule has 9 heteroatoms. The molecule has 0 aliphatic heterocycles. The van der Waals surface area contributed by atoms with E-state index in [0.717, 1.165) is 17.8 Å². The molecule has 0 bridgehead atoms. The maximum absolute atomic E-state index is 11.8. The van der Waals surface area contributed by atoms with Crippen LogP contribution < -0.4 is 10.0 Å². The van der Waals surface area contributed by atoms with Crippen LogP contribution in [0.3, 0.4) is 0 Å². The van der Waals surface area contributed by atoms with Gasteiger partial charge in [0.15, 0.2) is 0 Å². The molecular weight excluding hydrogens is 276 g/mol. The van der Waals surface area contributed by atoms with E-state index in [9.17, 15) is 13.2 Å². The summed E-state index contributed by atoms with van der Waals surface area (Å²) in [6, 6.07) is 0. The van der Waals surface area contributed by atoms with E-state index in [4.69, 9.17) is 0 Å². The van der Waals surface area contributed by atoms with Crippen LogP contribution in [0.25, 0.3) is 0 Å². The zero-order chi connectivity index (χ0) is 13.8. The van der Waals surface area contributed by atoms with Crippen molar-refractivity contribution in [2.45, 2.75) is 31.5 Å². The molecule has 0 aliphatic rings. The summed E-state index contributed by atoms with van der Waals surface area (Å²) >= 11 is 0.822. The average molecular weight is 292 g/mol. The highest BCUT2D eigenvalue weighted by atomic mass is 32.2. The average Bonchev–Trinajstić information content (AvgIpc) is 2.64. The lowest BCUT2D eigenvalue weighted by atomic mass is 10.1. The van der Waals surface area contributed by atoms with Crippen molar-refractivity contribution in [1.29, 1.82) is 0 Å². The van der Waals surface area contributed by atoms with Crippen LogP contribution in [-0.2, 0) is 14.8 Å². The van der Waals surface area contributed by atoms with Gasteiger partial charge in [-0.2, -0.15) is 0 Å². The molecule has 1 heterocycles. The van der Waals surface area contributed by atoms with Gasteiger partial charge < -0.3 is 5.32 Å². The molecule has 0 saturated heterocycles. The van der Waals surface area contributed by atoms with Crippen molar-refractivity contribution in [1.82, 2.24) is 14.9 Å². The minimum atomic E-state index is -3.63. The number of hydrogen-bond acceptors (Lipinski definition) is 6. The Balaban J connectivity index is 2.67. The van der Waals surface area contributed by atoms with Crippen molar-refractivity contribution in [3.05, 3.63) is 0 Å². The standard InChI is InChI=1S/C9H16N4O3S2/c1-6(2)4-5-10-18(15,16)9-13-12-8(17-9)11-7(3)14/h6,10H,4-5H2,1-3H3,(H,11,12,14). The number of hydrogen-bond donors (Lipinski definition) is 2. The molecule has 0 spiro atoms. The number of carbonyl (C=O) groups is 1. The molecule has 1 aromatic rings. The first kappa shape index (κ1) is 15.0. The van der Waals surface area contributed by atoms with Gasteiger partial charge in [-0.3, -0.25) is 4.79 Å². The minimum absolute atomic E-state index is 0.144. The molecule has 1 aromatic heterocycles. The number of nitrogens with zero attached hydrogens (tertiary/aromatic N) is 2. The number of aromatic nitrogens is 2. The minimum Gasteiger partial charge on any atom is -0.301 e. The first-order chi connectivity index (χ1) is 8.31. The van der Waals surface area contributed by atoms with Crippen LogP contribution >= 0.6 is 11.3 Å². The maximum atomic E-state index is 11.8. The molecular formula is C9H16N4O3S2. The summed E-state index contributed by atoms with van der Waals surface area (Å²) in [4.78, 5) is 10.8. The van der Waals surface area contributed by atoms with Gasteiger partial charge in [0.2, 0.25) is 15.4 Å². The van der Waals surface area contributed by atoms with Gasteiger partial charge in [-0.1, -0.05) is 25.2 Å². The maximum Gasteiger partial charge on any atom is 0.269 e. The first-order valence-corrected chi connectivity index (χ1v) is 7.72. The zero-order valence-corrected chi connectivity index (χ0v) is 12.1. The summed E-state index contributed by atoms with van der Waals surface area (Å²) in [5.74, 6) is 0.0972. The zero-order valence-electron chi connectivity index (χ0n) is 10.4. The van der Waals surface area contributed by atoms with Gasteiger partial charge in [0.1, 0.15) is 0 Å². The Labute approximate surface area is 110 Å². The van der Waals surface area contributed by atoms with Crippen molar-refractivity contribution < 1.29 is 13.2 Å². The summed E-state index contributed by atoms with van der Waals surface area (Å²) < 4.78 is 25.9. The molecule has 18 heavy (non-hydrogen) atoms. The van der Waals surface area contributed by atoms with E-state index in [1.165, 1.54) is 6.92 Å². The lowest BCUT2D eigenvalue weighted by molar-refractivity contribution is -0.114. The van der Waals surface area contributed by atoms with Crippen LogP contribution in [0.2, 0.25) is 0 Å². The number of sulfonamides is 1. The Morgan fingerprint density at radius 1 is 1.39 bits per heavy atom. The molecule has 0 unspecified atom stereocenters. The molecule has 0 radical (unpaired) electrons. The topological polar surface area (TPSA) is 101 Å². The summed E-state index contributed by atoms with van der Waals surface area (Å²) in [7, 11) is -3.63. The number of amides is 1. The number of rotatable bonds is 6. The highest BCUT2D eigenvalue weighted by Gasteiger charge is 2.20. The van der Waals surface area contributed by atoms with Gasteiger partial charge in [-0.25, -0.2) is 13.1 Å². The summed E-state index contributed by atoms with van der Waals surface area (Å²) in [5.41, 5.74) is 0. The molecule has 2 N–H and O–H groups in total. The van der Waals surface area contributed by atoms with E-state index in [1.807, 2.05) is 13.8 Å². The van der Waals surface area contributed by atoms with Crippen molar-refractivity contribution in [3.63, 3.8) is 0 Å². The number of anilines is 1. The lowest BCUT2D eigenvalue weighted by Gasteiger charge is -2.05. The summed E-state index contributed by atoms with van der Waals surface area (Å²) in [5, 5.41) is 9.68. The second-order valence-electron chi connectivity index (χ2n) is 4.13. The third-order valence-corrected chi connectivity index (χ3v) is 4.60. The van der Waals surface area contributed by atoms with E-state index in [-0.39, 0.29) is 15.4 Å². The van der Waals surface area contributed by atoms with Crippen molar-refractivity contribution in [2.24, 2.45) is 5.92 Å². The molecule has 0 aromatic carbocycles. The van der Waals surface area contributed by atoms with Crippen molar-refractivity contribution in [3.8, 4) is 0 Å². The lowest BCUT2D eigenvalue weighted by Crippen LogP contribution is -2.25. The summed E-state index contributed by atoms with van der Waals surface area (Å²) in [6.07, 6.45) is 0.747. The third-order valence-electron chi connectivity index (χ3n) is 1.93. The quantitative estimate of drug-likeness (QED) is 0.756.